The molecule has 28 heavy (non-hydrogen) atoms. The van der Waals surface area contributed by atoms with Crippen LogP contribution in [-0.2, 0) is 0 Å². The summed E-state index contributed by atoms with van der Waals surface area (Å²) in [5.41, 5.74) is 8.61. The molecule has 6 nitrogen and oxygen atoms in total. The summed E-state index contributed by atoms with van der Waals surface area (Å²) in [5, 5.41) is 5.47. The minimum absolute atomic E-state index is 0.355. The van der Waals surface area contributed by atoms with Crippen LogP contribution in [0.1, 0.15) is 58.3 Å². The second-order valence-corrected chi connectivity index (χ2v) is 9.13. The zero-order valence-corrected chi connectivity index (χ0v) is 18.1. The van der Waals surface area contributed by atoms with Crippen molar-refractivity contribution in [3.05, 3.63) is 24.0 Å². The number of piperazine rings is 1. The largest absolute Gasteiger partial charge is 0.368 e. The number of nitrogens with two attached hydrogens (primary N) is 1. The number of anilines is 1. The Balaban J connectivity index is 1.52. The summed E-state index contributed by atoms with van der Waals surface area (Å²) in [6.45, 7) is 15.2. The Kier molecular flexibility index (Phi) is 6.61. The second-order valence-electron chi connectivity index (χ2n) is 9.13. The van der Waals surface area contributed by atoms with Crippen LogP contribution >= 0.6 is 0 Å². The number of hydrazone groups is 1. The fourth-order valence-corrected chi connectivity index (χ4v) is 4.67. The number of aromatic nitrogens is 1. The van der Waals surface area contributed by atoms with Gasteiger partial charge in [0.1, 0.15) is 6.17 Å². The normalized spacial score (nSPS) is 25.0. The third kappa shape index (κ3) is 4.49. The van der Waals surface area contributed by atoms with Crippen LogP contribution in [0, 0.1) is 11.3 Å². The van der Waals surface area contributed by atoms with Crippen LogP contribution in [0.2, 0.25) is 0 Å². The van der Waals surface area contributed by atoms with Gasteiger partial charge in [0.15, 0.2) is 0 Å². The summed E-state index contributed by atoms with van der Waals surface area (Å²) in [4.78, 5) is 9.72. The number of pyridine rings is 1. The van der Waals surface area contributed by atoms with Crippen LogP contribution < -0.4 is 10.6 Å². The van der Waals surface area contributed by atoms with E-state index in [1.165, 1.54) is 31.4 Å². The maximum Gasteiger partial charge on any atom is 0.136 e. The number of rotatable bonds is 7. The minimum atomic E-state index is -0.355. The molecule has 2 fully saturated rings. The zero-order valence-electron chi connectivity index (χ0n) is 18.1. The predicted octanol–water partition coefficient (Wildman–Crippen LogP) is 3.31. The average Bonchev–Trinajstić information content (AvgIpc) is 3.24. The highest BCUT2D eigenvalue weighted by molar-refractivity contribution is 5.45. The van der Waals surface area contributed by atoms with Gasteiger partial charge in [0.25, 0.3) is 0 Å². The molecule has 1 aliphatic carbocycles. The Bertz CT molecular complexity index is 635. The van der Waals surface area contributed by atoms with Gasteiger partial charge in [-0.25, -0.2) is 0 Å². The number of nitrogens with zero attached hydrogens (tertiary/aromatic N) is 5. The summed E-state index contributed by atoms with van der Waals surface area (Å²) in [6, 6.07) is 4.91. The highest BCUT2D eigenvalue weighted by Gasteiger charge is 2.37. The summed E-state index contributed by atoms with van der Waals surface area (Å²) in [7, 11) is 1.81. The fraction of sp³-hybridized carbons (Fsp3) is 0.727. The van der Waals surface area contributed by atoms with Crippen LogP contribution in [0.15, 0.2) is 23.4 Å². The molecule has 0 bridgehead atoms. The molecule has 2 N–H and O–H groups in total. The zero-order chi connectivity index (χ0) is 20.3. The van der Waals surface area contributed by atoms with Gasteiger partial charge in [-0.05, 0) is 42.7 Å². The molecule has 0 radical (unpaired) electrons. The summed E-state index contributed by atoms with van der Waals surface area (Å²) in [6.07, 6.45) is 7.00. The van der Waals surface area contributed by atoms with Crippen molar-refractivity contribution >= 4 is 12.4 Å². The number of hydrogen-bond acceptors (Lipinski definition) is 6. The molecule has 3 unspecified atom stereocenters. The molecule has 1 aliphatic heterocycles. The van der Waals surface area contributed by atoms with Gasteiger partial charge in [-0.3, -0.25) is 14.9 Å². The van der Waals surface area contributed by atoms with Crippen molar-refractivity contribution in [3.8, 4) is 0 Å². The van der Waals surface area contributed by atoms with Crippen LogP contribution in [0.5, 0.6) is 0 Å². The van der Waals surface area contributed by atoms with E-state index in [0.29, 0.717) is 5.41 Å². The Hall–Kier alpha value is -1.66. The molecular formula is C22H38N6. The summed E-state index contributed by atoms with van der Waals surface area (Å²) < 4.78 is 0. The summed E-state index contributed by atoms with van der Waals surface area (Å²) in [5.74, 6) is 0.879. The molecule has 0 spiro atoms. The van der Waals surface area contributed by atoms with Gasteiger partial charge in [-0.2, -0.15) is 5.10 Å². The number of hydrogen-bond donors (Lipinski definition) is 1. The minimum Gasteiger partial charge on any atom is -0.368 e. The standard InChI is InChI=1S/C22H38N6/c1-6-22(2,3)17-7-8-18(15-17)27-11-13-28(14-12-27)19-9-10-20(25-16-19)21(23)26(5)24-4/h9-10,16-18,21H,4,6-8,11-15,23H2,1-3,5H3. The molecule has 6 heteroatoms. The van der Waals surface area contributed by atoms with Crippen LogP contribution in [0.25, 0.3) is 0 Å². The van der Waals surface area contributed by atoms with Gasteiger partial charge in [-0.1, -0.05) is 27.2 Å². The van der Waals surface area contributed by atoms with Gasteiger partial charge >= 0.3 is 0 Å². The predicted molar refractivity (Wildman–Crippen MR) is 117 cm³/mol. The second kappa shape index (κ2) is 8.78. The molecule has 3 atom stereocenters. The van der Waals surface area contributed by atoms with Crippen molar-refractivity contribution in [1.82, 2.24) is 14.9 Å². The van der Waals surface area contributed by atoms with Crippen molar-refractivity contribution in [3.63, 3.8) is 0 Å². The van der Waals surface area contributed by atoms with Crippen molar-refractivity contribution in [2.75, 3.05) is 38.1 Å². The third-order valence-corrected chi connectivity index (χ3v) is 7.32. The van der Waals surface area contributed by atoms with Crippen LogP contribution in [-0.4, -0.2) is 60.9 Å². The van der Waals surface area contributed by atoms with E-state index in [9.17, 15) is 0 Å². The van der Waals surface area contributed by atoms with Crippen LogP contribution in [0.3, 0.4) is 0 Å². The van der Waals surface area contributed by atoms with Crippen LogP contribution in [0.4, 0.5) is 5.69 Å². The molecule has 156 valence electrons. The van der Waals surface area contributed by atoms with Crippen molar-refractivity contribution in [1.29, 1.82) is 0 Å². The van der Waals surface area contributed by atoms with E-state index in [0.717, 1.165) is 43.8 Å². The molecule has 2 heterocycles. The smallest absolute Gasteiger partial charge is 0.136 e. The monoisotopic (exact) mass is 386 g/mol. The quantitative estimate of drug-likeness (QED) is 0.442. The lowest BCUT2D eigenvalue weighted by atomic mass is 9.76. The molecule has 1 saturated heterocycles. The Labute approximate surface area is 170 Å². The molecule has 1 aromatic heterocycles. The van der Waals surface area contributed by atoms with E-state index >= 15 is 0 Å². The van der Waals surface area contributed by atoms with E-state index in [1.807, 2.05) is 19.3 Å². The summed E-state index contributed by atoms with van der Waals surface area (Å²) >= 11 is 0. The highest BCUT2D eigenvalue weighted by atomic mass is 15.5. The first kappa shape index (κ1) is 21.1. The lowest BCUT2D eigenvalue weighted by Gasteiger charge is -2.39. The highest BCUT2D eigenvalue weighted by Crippen LogP contribution is 2.43. The average molecular weight is 387 g/mol. The van der Waals surface area contributed by atoms with Crippen molar-refractivity contribution < 1.29 is 0 Å². The first-order valence-corrected chi connectivity index (χ1v) is 10.8. The Morgan fingerprint density at radius 2 is 2.00 bits per heavy atom. The lowest BCUT2D eigenvalue weighted by molar-refractivity contribution is 0.158. The maximum atomic E-state index is 6.13. The third-order valence-electron chi connectivity index (χ3n) is 7.32. The maximum absolute atomic E-state index is 6.13. The van der Waals surface area contributed by atoms with Crippen molar-refractivity contribution in [2.24, 2.45) is 22.2 Å². The molecular weight excluding hydrogens is 348 g/mol. The van der Waals surface area contributed by atoms with Gasteiger partial charge in [0.05, 0.1) is 17.6 Å². The molecule has 1 aromatic rings. The molecule has 0 amide bonds. The SMILES string of the molecule is C=NN(C)C(N)c1ccc(N2CCN(C3CCC(C(C)(C)CC)C3)CC2)cn1. The lowest BCUT2D eigenvalue weighted by Crippen LogP contribution is -2.50. The van der Waals surface area contributed by atoms with E-state index < -0.39 is 0 Å². The van der Waals surface area contributed by atoms with E-state index in [4.69, 9.17) is 5.73 Å². The van der Waals surface area contributed by atoms with Gasteiger partial charge in [0, 0.05) is 46.0 Å². The van der Waals surface area contributed by atoms with Gasteiger partial charge < -0.3 is 10.6 Å². The van der Waals surface area contributed by atoms with E-state index in [2.05, 4.69) is 53.4 Å². The fourth-order valence-electron chi connectivity index (χ4n) is 4.67. The topological polar surface area (TPSA) is 61.0 Å². The van der Waals surface area contributed by atoms with Gasteiger partial charge in [-0.15, -0.1) is 0 Å². The first-order valence-electron chi connectivity index (χ1n) is 10.8. The van der Waals surface area contributed by atoms with Gasteiger partial charge in [0.2, 0.25) is 0 Å². The van der Waals surface area contributed by atoms with E-state index in [1.54, 1.807) is 5.01 Å². The Morgan fingerprint density at radius 3 is 2.57 bits per heavy atom. The molecule has 3 rings (SSSR count). The first-order chi connectivity index (χ1) is 13.4. The van der Waals surface area contributed by atoms with E-state index in [-0.39, 0.29) is 6.17 Å². The molecule has 0 aromatic carbocycles. The van der Waals surface area contributed by atoms with Crippen molar-refractivity contribution in [2.45, 2.75) is 58.7 Å². The molecule has 2 aliphatic rings. The Morgan fingerprint density at radius 1 is 1.29 bits per heavy atom. The molecule has 1 saturated carbocycles.